The van der Waals surface area contributed by atoms with Gasteiger partial charge in [-0.25, -0.2) is 0 Å². The molecule has 0 fully saturated rings. The molecule has 7 heteroatoms. The number of nitrogens with two attached hydrogens (primary N) is 1. The second-order valence-electron chi connectivity index (χ2n) is 8.14. The molecular weight excluding hydrogens is 483 g/mol. The van der Waals surface area contributed by atoms with Crippen LogP contribution in [0.15, 0.2) is 87.6 Å². The van der Waals surface area contributed by atoms with E-state index in [1.54, 1.807) is 0 Å². The van der Waals surface area contributed by atoms with Crippen molar-refractivity contribution in [3.8, 4) is 0 Å². The van der Waals surface area contributed by atoms with E-state index >= 15 is 0 Å². The van der Waals surface area contributed by atoms with Gasteiger partial charge >= 0.3 is 0 Å². The number of halogens is 2. The van der Waals surface area contributed by atoms with E-state index in [0.717, 1.165) is 30.8 Å². The third-order valence-electron chi connectivity index (χ3n) is 5.99. The van der Waals surface area contributed by atoms with Gasteiger partial charge in [0.15, 0.2) is 0 Å². The van der Waals surface area contributed by atoms with E-state index in [2.05, 4.69) is 90.2 Å². The number of hydrogen-bond acceptors (Lipinski definition) is 4. The average molecular weight is 518 g/mol. The third-order valence-corrected chi connectivity index (χ3v) is 7.12. The minimum Gasteiger partial charge on any atom is -0.383 e. The van der Waals surface area contributed by atoms with Crippen molar-refractivity contribution in [2.45, 2.75) is 43.1 Å². The molecule has 0 radical (unpaired) electrons. The van der Waals surface area contributed by atoms with Gasteiger partial charge in [0.05, 0.1) is 17.9 Å². The van der Waals surface area contributed by atoms with E-state index in [-0.39, 0.29) is 24.8 Å². The van der Waals surface area contributed by atoms with Crippen molar-refractivity contribution in [1.29, 1.82) is 0 Å². The summed E-state index contributed by atoms with van der Waals surface area (Å²) in [4.78, 5) is 12.2. The summed E-state index contributed by atoms with van der Waals surface area (Å²) in [6.45, 7) is 10.5. The third kappa shape index (κ3) is 6.28. The quantitative estimate of drug-likeness (QED) is 0.265. The first kappa shape index (κ1) is 28.1. The summed E-state index contributed by atoms with van der Waals surface area (Å²) in [7, 11) is 0. The molecule has 0 saturated heterocycles. The minimum atomic E-state index is 0. The molecule has 2 N–H and O–H groups in total. The molecule has 1 aliphatic heterocycles. The van der Waals surface area contributed by atoms with Gasteiger partial charge in [-0.3, -0.25) is 4.99 Å². The summed E-state index contributed by atoms with van der Waals surface area (Å²) >= 11 is 1.83. The Bertz CT molecular complexity index is 1090. The van der Waals surface area contributed by atoms with Crippen LogP contribution in [0.3, 0.4) is 0 Å². The predicted octanol–water partition coefficient (Wildman–Crippen LogP) is 6.77. The lowest BCUT2D eigenvalue weighted by atomic mass is 10.1. The summed E-state index contributed by atoms with van der Waals surface area (Å²) in [5, 5.41) is 0. The molecule has 0 aliphatic carbocycles. The van der Waals surface area contributed by atoms with Crippen molar-refractivity contribution in [1.82, 2.24) is 4.90 Å². The van der Waals surface area contributed by atoms with Gasteiger partial charge in [-0.05, 0) is 49.8 Å². The highest BCUT2D eigenvalue weighted by Crippen LogP contribution is 2.49. The molecule has 1 unspecified atom stereocenters. The maximum Gasteiger partial charge on any atom is 0.126 e. The van der Waals surface area contributed by atoms with Crippen LogP contribution in [0.5, 0.6) is 0 Å². The Morgan fingerprint density at radius 2 is 1.56 bits per heavy atom. The molecule has 3 aromatic carbocycles. The molecule has 1 heterocycles. The van der Waals surface area contributed by atoms with Crippen LogP contribution < -0.4 is 10.6 Å². The Morgan fingerprint density at radius 3 is 2.26 bits per heavy atom. The Hall–Kier alpha value is -2.18. The van der Waals surface area contributed by atoms with Crippen LogP contribution in [0.4, 0.5) is 11.4 Å². The van der Waals surface area contributed by atoms with Crippen LogP contribution in [0.2, 0.25) is 0 Å². The van der Waals surface area contributed by atoms with Crippen molar-refractivity contribution in [3.63, 3.8) is 0 Å². The Labute approximate surface area is 220 Å². The summed E-state index contributed by atoms with van der Waals surface area (Å²) < 4.78 is 0. The lowest BCUT2D eigenvalue weighted by Gasteiger charge is -2.39. The molecule has 182 valence electrons. The van der Waals surface area contributed by atoms with E-state index in [1.807, 2.05) is 30.0 Å². The van der Waals surface area contributed by atoms with Crippen LogP contribution in [0.1, 0.15) is 31.9 Å². The number of para-hydroxylation sites is 1. The zero-order valence-corrected chi connectivity index (χ0v) is 22.4. The van der Waals surface area contributed by atoms with Gasteiger partial charge in [-0.1, -0.05) is 74.1 Å². The topological polar surface area (TPSA) is 44.9 Å². The fourth-order valence-corrected chi connectivity index (χ4v) is 5.26. The first-order valence-electron chi connectivity index (χ1n) is 11.4. The second-order valence-corrected chi connectivity index (χ2v) is 9.23. The Kier molecular flexibility index (Phi) is 10.8. The number of amidine groups is 1. The van der Waals surface area contributed by atoms with Crippen molar-refractivity contribution in [2.75, 3.05) is 24.5 Å². The van der Waals surface area contributed by atoms with Gasteiger partial charge in [-0.15, -0.1) is 24.8 Å². The molecule has 34 heavy (non-hydrogen) atoms. The first-order chi connectivity index (χ1) is 15.6. The van der Waals surface area contributed by atoms with Crippen LogP contribution in [0.25, 0.3) is 0 Å². The highest BCUT2D eigenvalue weighted by Gasteiger charge is 2.28. The Balaban J connectivity index is 0.00000204. The van der Waals surface area contributed by atoms with Crippen molar-refractivity contribution >= 4 is 53.8 Å². The zero-order chi connectivity index (χ0) is 22.5. The predicted molar refractivity (Wildman–Crippen MR) is 152 cm³/mol. The normalized spacial score (nSPS) is 13.4. The van der Waals surface area contributed by atoms with Crippen molar-refractivity contribution in [2.24, 2.45) is 10.7 Å². The number of aliphatic imine (C=N–C) groups is 1. The fraction of sp³-hybridized carbons (Fsp3) is 0.296. The maximum absolute atomic E-state index is 6.43. The zero-order valence-electron chi connectivity index (χ0n) is 20.0. The van der Waals surface area contributed by atoms with Gasteiger partial charge in [-0.2, -0.15) is 0 Å². The van der Waals surface area contributed by atoms with Gasteiger partial charge in [0.1, 0.15) is 5.84 Å². The number of rotatable bonds is 8. The highest BCUT2D eigenvalue weighted by atomic mass is 35.5. The summed E-state index contributed by atoms with van der Waals surface area (Å²) in [6, 6.07) is 25.7. The molecule has 0 spiro atoms. The molecular formula is C27H34Cl2N4S. The number of hydrogen-bond donors (Lipinski definition) is 1. The largest absolute Gasteiger partial charge is 0.383 e. The van der Waals surface area contributed by atoms with E-state index in [1.165, 1.54) is 21.2 Å². The summed E-state index contributed by atoms with van der Waals surface area (Å²) in [6.07, 6.45) is 0. The molecule has 0 saturated carbocycles. The average Bonchev–Trinajstić information content (AvgIpc) is 2.84. The fourth-order valence-electron chi connectivity index (χ4n) is 4.21. The lowest BCUT2D eigenvalue weighted by Crippen LogP contribution is -2.41. The van der Waals surface area contributed by atoms with Crippen LogP contribution in [-0.4, -0.2) is 36.4 Å². The number of nitrogens with zero attached hydrogens (tertiary/aromatic N) is 3. The SMILES string of the molecule is CCN(CC)CC(C)N1c2ccccc2Sc2ccc(C(N)=NCc3ccccc3)cc21.Cl.Cl. The van der Waals surface area contributed by atoms with E-state index < -0.39 is 0 Å². The van der Waals surface area contributed by atoms with E-state index in [9.17, 15) is 0 Å². The molecule has 4 nitrogen and oxygen atoms in total. The highest BCUT2D eigenvalue weighted by molar-refractivity contribution is 7.99. The molecule has 0 bridgehead atoms. The number of fused-ring (bicyclic) bond motifs is 2. The Morgan fingerprint density at radius 1 is 0.912 bits per heavy atom. The number of anilines is 2. The molecule has 1 atom stereocenters. The molecule has 3 aromatic rings. The number of likely N-dealkylation sites (N-methyl/N-ethyl adjacent to an activating group) is 1. The van der Waals surface area contributed by atoms with Gasteiger partial charge in [0.25, 0.3) is 0 Å². The first-order valence-corrected chi connectivity index (χ1v) is 12.2. The van der Waals surface area contributed by atoms with Gasteiger partial charge < -0.3 is 15.5 Å². The molecule has 0 aromatic heterocycles. The maximum atomic E-state index is 6.43. The monoisotopic (exact) mass is 516 g/mol. The summed E-state index contributed by atoms with van der Waals surface area (Å²) in [5.41, 5.74) is 11.0. The second kappa shape index (κ2) is 13.1. The van der Waals surface area contributed by atoms with Crippen LogP contribution in [-0.2, 0) is 6.54 Å². The molecule has 1 aliphatic rings. The van der Waals surface area contributed by atoms with Crippen LogP contribution in [0, 0.1) is 0 Å². The van der Waals surface area contributed by atoms with E-state index in [0.29, 0.717) is 18.4 Å². The number of benzene rings is 3. The van der Waals surface area contributed by atoms with Crippen LogP contribution >= 0.6 is 36.6 Å². The molecule has 0 amide bonds. The minimum absolute atomic E-state index is 0. The van der Waals surface area contributed by atoms with Crippen molar-refractivity contribution < 1.29 is 0 Å². The van der Waals surface area contributed by atoms with Gasteiger partial charge in [0, 0.05) is 27.9 Å². The van der Waals surface area contributed by atoms with E-state index in [4.69, 9.17) is 5.73 Å². The summed E-state index contributed by atoms with van der Waals surface area (Å²) in [5.74, 6) is 0.580. The smallest absolute Gasteiger partial charge is 0.126 e. The lowest BCUT2D eigenvalue weighted by molar-refractivity contribution is 0.288. The van der Waals surface area contributed by atoms with Gasteiger partial charge in [0.2, 0.25) is 0 Å². The standard InChI is InChI=1S/C27H32N4S.2ClH/c1-4-30(5-2)19-20(3)31-23-13-9-10-14-25(23)32-26-16-15-22(17-24(26)31)27(28)29-18-21-11-7-6-8-12-21;;/h6-17,20H,4-5,18-19H2,1-3H3,(H2,28,29);2*1H. The molecule has 4 rings (SSSR count). The van der Waals surface area contributed by atoms with Crippen molar-refractivity contribution in [3.05, 3.63) is 83.9 Å².